The zero-order valence-corrected chi connectivity index (χ0v) is 16.2. The maximum atomic E-state index is 13.5. The second-order valence-electron chi connectivity index (χ2n) is 7.04. The van der Waals surface area contributed by atoms with Crippen molar-refractivity contribution in [3.05, 3.63) is 71.9 Å². The summed E-state index contributed by atoms with van der Waals surface area (Å²) in [5.74, 6) is -0.343. The molecule has 0 amide bonds. The number of alkyl halides is 3. The Morgan fingerprint density at radius 1 is 1.09 bits per heavy atom. The minimum atomic E-state index is -4.77. The topological polar surface area (TPSA) is 75.2 Å². The van der Waals surface area contributed by atoms with Crippen LogP contribution in [0.25, 0.3) is 23.0 Å². The van der Waals surface area contributed by atoms with E-state index in [0.717, 1.165) is 23.4 Å². The van der Waals surface area contributed by atoms with Crippen LogP contribution in [0.2, 0.25) is 0 Å². The van der Waals surface area contributed by atoms with Gasteiger partial charge in [-0.2, -0.15) is 4.98 Å². The maximum Gasteiger partial charge on any atom is 0.573 e. The molecule has 1 aliphatic rings. The van der Waals surface area contributed by atoms with Gasteiger partial charge in [0.2, 0.25) is 5.82 Å². The molecule has 0 saturated heterocycles. The largest absolute Gasteiger partial charge is 0.573 e. The number of rotatable bonds is 4. The first-order chi connectivity index (χ1) is 15.4. The molecule has 0 radical (unpaired) electrons. The molecule has 1 unspecified atom stereocenters. The Kier molecular flexibility index (Phi) is 4.89. The molecule has 2 aromatic heterocycles. The Morgan fingerprint density at radius 3 is 2.66 bits per heavy atom. The molecule has 0 fully saturated rings. The molecule has 32 heavy (non-hydrogen) atoms. The fourth-order valence-corrected chi connectivity index (χ4v) is 3.46. The van der Waals surface area contributed by atoms with Crippen LogP contribution < -0.4 is 4.74 Å². The van der Waals surface area contributed by atoms with Crippen molar-refractivity contribution in [2.24, 2.45) is 0 Å². The number of ether oxygens (including phenoxy) is 2. The molecule has 2 aromatic carbocycles. The van der Waals surface area contributed by atoms with Crippen LogP contribution in [-0.2, 0) is 17.9 Å². The van der Waals surface area contributed by atoms with Gasteiger partial charge in [0.25, 0.3) is 5.89 Å². The summed E-state index contributed by atoms with van der Waals surface area (Å²) in [6.07, 6.45) is -3.47. The van der Waals surface area contributed by atoms with Gasteiger partial charge in [-0.15, -0.1) is 13.2 Å². The lowest BCUT2D eigenvalue weighted by molar-refractivity contribution is -0.274. The monoisotopic (exact) mass is 446 g/mol. The number of fused-ring (bicyclic) bond motifs is 1. The van der Waals surface area contributed by atoms with Crippen LogP contribution in [0.3, 0.4) is 0 Å². The summed E-state index contributed by atoms with van der Waals surface area (Å²) >= 11 is 0. The molecule has 3 heterocycles. The molecular weight excluding hydrogens is 432 g/mol. The zero-order chi connectivity index (χ0) is 22.3. The standard InChI is InChI=1S/C21H14F4N4O3/c22-14-3-1-2-13(8-14)17-9-29-11-26-18(16(29)10-30-17)20-27-19(28-32-20)12-4-6-15(7-5-12)31-21(23,24)25/h1-8,11,17H,9-10H2. The van der Waals surface area contributed by atoms with Gasteiger partial charge in [0, 0.05) is 5.56 Å². The van der Waals surface area contributed by atoms with Crippen molar-refractivity contribution in [3.63, 3.8) is 0 Å². The SMILES string of the molecule is Fc1cccc(C2Cn3cnc(-c4nc(-c5ccc(OC(F)(F)F)cc5)no4)c3CO2)c1. The Bertz CT molecular complexity index is 1250. The molecule has 1 aliphatic heterocycles. The molecule has 7 nitrogen and oxygen atoms in total. The van der Waals surface area contributed by atoms with E-state index in [0.29, 0.717) is 17.8 Å². The highest BCUT2D eigenvalue weighted by atomic mass is 19.4. The summed E-state index contributed by atoms with van der Waals surface area (Å²) in [7, 11) is 0. The number of hydrogen-bond donors (Lipinski definition) is 0. The third-order valence-corrected chi connectivity index (χ3v) is 4.93. The number of hydrogen-bond acceptors (Lipinski definition) is 6. The molecular formula is C21H14F4N4O3. The van der Waals surface area contributed by atoms with Crippen LogP contribution in [0.5, 0.6) is 5.75 Å². The summed E-state index contributed by atoms with van der Waals surface area (Å²) in [5.41, 5.74) is 2.34. The molecule has 0 N–H and O–H groups in total. The average molecular weight is 446 g/mol. The lowest BCUT2D eigenvalue weighted by Gasteiger charge is -2.25. The van der Waals surface area contributed by atoms with Crippen molar-refractivity contribution in [1.29, 1.82) is 0 Å². The van der Waals surface area contributed by atoms with Crippen molar-refractivity contribution in [3.8, 4) is 28.7 Å². The molecule has 0 bridgehead atoms. The van der Waals surface area contributed by atoms with Gasteiger partial charge in [0.15, 0.2) is 5.69 Å². The average Bonchev–Trinajstić information content (AvgIpc) is 3.40. The normalized spacial score (nSPS) is 16.1. The van der Waals surface area contributed by atoms with E-state index in [1.165, 1.54) is 24.3 Å². The summed E-state index contributed by atoms with van der Waals surface area (Å²) in [4.78, 5) is 8.65. The molecule has 1 atom stereocenters. The fraction of sp³-hybridized carbons (Fsp3) is 0.190. The van der Waals surface area contributed by atoms with Crippen molar-refractivity contribution < 1.29 is 31.6 Å². The minimum absolute atomic E-state index is 0.150. The zero-order valence-electron chi connectivity index (χ0n) is 16.2. The quantitative estimate of drug-likeness (QED) is 0.415. The Labute approximate surface area is 178 Å². The smallest absolute Gasteiger partial charge is 0.406 e. The van der Waals surface area contributed by atoms with Crippen molar-refractivity contribution >= 4 is 0 Å². The van der Waals surface area contributed by atoms with E-state index in [9.17, 15) is 17.6 Å². The van der Waals surface area contributed by atoms with E-state index in [1.807, 2.05) is 4.57 Å². The summed E-state index contributed by atoms with van der Waals surface area (Å²) in [6.45, 7) is 0.644. The van der Waals surface area contributed by atoms with Crippen LogP contribution in [0.15, 0.2) is 59.4 Å². The van der Waals surface area contributed by atoms with Gasteiger partial charge in [-0.1, -0.05) is 17.3 Å². The minimum Gasteiger partial charge on any atom is -0.406 e. The Balaban J connectivity index is 1.35. The summed E-state index contributed by atoms with van der Waals surface area (Å²) in [6, 6.07) is 11.3. The van der Waals surface area contributed by atoms with Gasteiger partial charge in [-0.3, -0.25) is 0 Å². The Morgan fingerprint density at radius 2 is 1.91 bits per heavy atom. The third-order valence-electron chi connectivity index (χ3n) is 4.93. The molecule has 164 valence electrons. The Hall–Kier alpha value is -3.73. The first kappa shape index (κ1) is 20.2. The molecule has 11 heteroatoms. The van der Waals surface area contributed by atoms with E-state index in [4.69, 9.17) is 9.26 Å². The van der Waals surface area contributed by atoms with Crippen molar-refractivity contribution in [2.45, 2.75) is 25.6 Å². The molecule has 0 spiro atoms. The number of halogens is 4. The van der Waals surface area contributed by atoms with E-state index < -0.39 is 6.36 Å². The number of imidazole rings is 1. The highest BCUT2D eigenvalue weighted by Gasteiger charge is 2.31. The first-order valence-electron chi connectivity index (χ1n) is 9.47. The summed E-state index contributed by atoms with van der Waals surface area (Å²) in [5, 5.41) is 3.89. The van der Waals surface area contributed by atoms with E-state index in [-0.39, 0.29) is 36.0 Å². The van der Waals surface area contributed by atoms with Gasteiger partial charge < -0.3 is 18.6 Å². The van der Waals surface area contributed by atoms with Gasteiger partial charge in [0.1, 0.15) is 17.7 Å². The lowest BCUT2D eigenvalue weighted by atomic mass is 10.1. The number of benzene rings is 2. The van der Waals surface area contributed by atoms with E-state index in [1.54, 1.807) is 18.5 Å². The molecule has 4 aromatic rings. The van der Waals surface area contributed by atoms with Crippen molar-refractivity contribution in [2.75, 3.05) is 0 Å². The first-order valence-corrected chi connectivity index (χ1v) is 9.47. The van der Waals surface area contributed by atoms with E-state index >= 15 is 0 Å². The second-order valence-corrected chi connectivity index (χ2v) is 7.04. The number of nitrogens with zero attached hydrogens (tertiary/aromatic N) is 4. The molecule has 5 rings (SSSR count). The molecule has 0 saturated carbocycles. The van der Waals surface area contributed by atoms with Gasteiger partial charge in [-0.05, 0) is 42.0 Å². The fourth-order valence-electron chi connectivity index (χ4n) is 3.46. The highest BCUT2D eigenvalue weighted by Crippen LogP contribution is 2.32. The maximum absolute atomic E-state index is 13.5. The van der Waals surface area contributed by atoms with Gasteiger partial charge in [-0.25, -0.2) is 9.37 Å². The van der Waals surface area contributed by atoms with Crippen LogP contribution in [0, 0.1) is 5.82 Å². The van der Waals surface area contributed by atoms with Gasteiger partial charge in [0.05, 0.1) is 25.2 Å². The van der Waals surface area contributed by atoms with Crippen molar-refractivity contribution in [1.82, 2.24) is 19.7 Å². The lowest BCUT2D eigenvalue weighted by Crippen LogP contribution is -2.20. The summed E-state index contributed by atoms with van der Waals surface area (Å²) < 4.78 is 67.4. The van der Waals surface area contributed by atoms with E-state index in [2.05, 4.69) is 19.9 Å². The number of aromatic nitrogens is 4. The highest BCUT2D eigenvalue weighted by molar-refractivity contribution is 5.59. The van der Waals surface area contributed by atoms with Crippen LogP contribution >= 0.6 is 0 Å². The predicted molar refractivity (Wildman–Crippen MR) is 102 cm³/mol. The van der Waals surface area contributed by atoms with Crippen LogP contribution in [-0.4, -0.2) is 26.1 Å². The third kappa shape index (κ3) is 4.06. The molecule has 0 aliphatic carbocycles. The second kappa shape index (κ2) is 7.75. The van der Waals surface area contributed by atoms with Gasteiger partial charge >= 0.3 is 6.36 Å². The predicted octanol–water partition coefficient (Wildman–Crippen LogP) is 4.91. The van der Waals surface area contributed by atoms with Crippen LogP contribution in [0.1, 0.15) is 17.4 Å². The van der Waals surface area contributed by atoms with Crippen LogP contribution in [0.4, 0.5) is 17.6 Å².